The molecule has 0 saturated carbocycles. The third-order valence-corrected chi connectivity index (χ3v) is 3.57. The number of rotatable bonds is 1. The largest absolute Gasteiger partial charge is 0.444 e. The fourth-order valence-corrected chi connectivity index (χ4v) is 2.86. The number of hydrogen-bond donors (Lipinski definition) is 0. The van der Waals surface area contributed by atoms with Gasteiger partial charge in [-0.2, -0.15) is 0 Å². The van der Waals surface area contributed by atoms with Crippen LogP contribution in [0.25, 0.3) is 0 Å². The maximum atomic E-state index is 11.8. The summed E-state index contributed by atoms with van der Waals surface area (Å²) < 4.78 is 6.29. The van der Waals surface area contributed by atoms with Gasteiger partial charge in [-0.1, -0.05) is 27.5 Å². The fourth-order valence-electron chi connectivity index (χ4n) is 1.98. The first-order valence-electron chi connectivity index (χ1n) is 6.18. The molecule has 3 nitrogen and oxygen atoms in total. The number of carbonyl (C=O) groups is 1. The summed E-state index contributed by atoms with van der Waals surface area (Å²) >= 11 is 9.45. The van der Waals surface area contributed by atoms with Gasteiger partial charge >= 0.3 is 6.09 Å². The van der Waals surface area contributed by atoms with E-state index in [1.54, 1.807) is 4.90 Å². The molecule has 0 bridgehead atoms. The van der Waals surface area contributed by atoms with Crippen molar-refractivity contribution in [3.05, 3.63) is 33.3 Å². The van der Waals surface area contributed by atoms with Crippen LogP contribution in [0, 0.1) is 0 Å². The topological polar surface area (TPSA) is 29.5 Å². The molecule has 1 aromatic rings. The molecule has 1 aliphatic rings. The van der Waals surface area contributed by atoms with Crippen LogP contribution in [0.5, 0.6) is 0 Å². The van der Waals surface area contributed by atoms with Crippen molar-refractivity contribution in [2.24, 2.45) is 0 Å². The van der Waals surface area contributed by atoms with E-state index in [1.807, 2.05) is 39.0 Å². The summed E-state index contributed by atoms with van der Waals surface area (Å²) in [4.78, 5) is 13.5. The Kier molecular flexibility index (Phi) is 4.11. The van der Waals surface area contributed by atoms with Gasteiger partial charge in [0.15, 0.2) is 0 Å². The molecule has 1 fully saturated rings. The number of benzene rings is 1. The van der Waals surface area contributed by atoms with Crippen LogP contribution in [0.15, 0.2) is 22.7 Å². The van der Waals surface area contributed by atoms with Crippen LogP contribution >= 0.6 is 27.5 Å². The van der Waals surface area contributed by atoms with Crippen LogP contribution in [0.1, 0.15) is 32.3 Å². The van der Waals surface area contributed by atoms with Gasteiger partial charge in [-0.3, -0.25) is 0 Å². The van der Waals surface area contributed by atoms with Gasteiger partial charge in [-0.05, 0) is 44.5 Å². The van der Waals surface area contributed by atoms with E-state index in [4.69, 9.17) is 16.3 Å². The Bertz CT molecular complexity index is 472. The highest BCUT2D eigenvalue weighted by Crippen LogP contribution is 2.32. The van der Waals surface area contributed by atoms with Gasteiger partial charge in [-0.25, -0.2) is 4.79 Å². The molecule has 2 rings (SSSR count). The van der Waals surface area contributed by atoms with Crippen molar-refractivity contribution in [2.45, 2.75) is 32.3 Å². The Morgan fingerprint density at radius 1 is 1.37 bits per heavy atom. The van der Waals surface area contributed by atoms with Crippen LogP contribution in [-0.2, 0) is 4.74 Å². The first-order valence-corrected chi connectivity index (χ1v) is 7.35. The second-order valence-corrected chi connectivity index (χ2v) is 7.14. The Morgan fingerprint density at radius 2 is 2.00 bits per heavy atom. The predicted molar refractivity (Wildman–Crippen MR) is 79.7 cm³/mol. The Morgan fingerprint density at radius 3 is 2.53 bits per heavy atom. The number of ether oxygens (including phenoxy) is 1. The van der Waals surface area contributed by atoms with E-state index in [0.717, 1.165) is 10.0 Å². The van der Waals surface area contributed by atoms with Crippen LogP contribution < -0.4 is 0 Å². The van der Waals surface area contributed by atoms with Gasteiger partial charge in [0.25, 0.3) is 0 Å². The summed E-state index contributed by atoms with van der Waals surface area (Å²) in [5.74, 6) is 0.336. The molecule has 0 unspecified atom stereocenters. The summed E-state index contributed by atoms with van der Waals surface area (Å²) in [6.45, 7) is 6.98. The summed E-state index contributed by atoms with van der Waals surface area (Å²) in [6.07, 6.45) is -0.246. The molecule has 1 saturated heterocycles. The third kappa shape index (κ3) is 3.86. The zero-order valence-corrected chi connectivity index (χ0v) is 13.6. The van der Waals surface area contributed by atoms with Crippen molar-refractivity contribution >= 4 is 33.6 Å². The first kappa shape index (κ1) is 14.7. The van der Waals surface area contributed by atoms with Crippen LogP contribution in [0.3, 0.4) is 0 Å². The molecule has 0 aromatic heterocycles. The smallest absolute Gasteiger partial charge is 0.410 e. The van der Waals surface area contributed by atoms with Crippen LogP contribution in [-0.4, -0.2) is 29.7 Å². The highest BCUT2D eigenvalue weighted by Gasteiger charge is 2.34. The van der Waals surface area contributed by atoms with Gasteiger partial charge < -0.3 is 9.64 Å². The minimum absolute atomic E-state index is 0.246. The third-order valence-electron chi connectivity index (χ3n) is 2.89. The Labute approximate surface area is 127 Å². The van der Waals surface area contributed by atoms with Crippen molar-refractivity contribution in [1.82, 2.24) is 4.90 Å². The lowest BCUT2D eigenvalue weighted by Crippen LogP contribution is -2.50. The number of nitrogens with zero attached hydrogens (tertiary/aromatic N) is 1. The molecule has 19 heavy (non-hydrogen) atoms. The summed E-state index contributed by atoms with van der Waals surface area (Å²) in [5.41, 5.74) is 0.709. The number of hydrogen-bond acceptors (Lipinski definition) is 2. The van der Waals surface area contributed by atoms with Crippen LogP contribution in [0.4, 0.5) is 4.79 Å². The molecular weight excluding hydrogens is 330 g/mol. The van der Waals surface area contributed by atoms with Gasteiger partial charge in [-0.15, -0.1) is 0 Å². The average molecular weight is 347 g/mol. The van der Waals surface area contributed by atoms with Gasteiger partial charge in [0.2, 0.25) is 0 Å². The molecule has 0 spiro atoms. The van der Waals surface area contributed by atoms with Crippen LogP contribution in [0.2, 0.25) is 5.02 Å². The zero-order chi connectivity index (χ0) is 14.2. The highest BCUT2D eigenvalue weighted by molar-refractivity contribution is 9.10. The SMILES string of the molecule is CC(C)(C)OC(=O)N1CC(c2cc(Cl)cc(Br)c2)C1. The molecule has 0 atom stereocenters. The van der Waals surface area contributed by atoms with Crippen molar-refractivity contribution in [1.29, 1.82) is 0 Å². The second kappa shape index (κ2) is 5.33. The van der Waals surface area contributed by atoms with E-state index in [-0.39, 0.29) is 6.09 Å². The molecule has 1 aromatic carbocycles. The first-order chi connectivity index (χ1) is 8.74. The van der Waals surface area contributed by atoms with Gasteiger partial charge in [0.1, 0.15) is 5.60 Å². The number of likely N-dealkylation sites (tertiary alicyclic amines) is 1. The minimum atomic E-state index is -0.443. The van der Waals surface area contributed by atoms with E-state index in [1.165, 1.54) is 0 Å². The van der Waals surface area contributed by atoms with E-state index in [2.05, 4.69) is 15.9 Å². The van der Waals surface area contributed by atoms with E-state index in [9.17, 15) is 4.79 Å². The lowest BCUT2D eigenvalue weighted by molar-refractivity contribution is 0.00819. The predicted octanol–water partition coefficient (Wildman–Crippen LogP) is 4.44. The van der Waals surface area contributed by atoms with Crippen molar-refractivity contribution < 1.29 is 9.53 Å². The molecule has 1 heterocycles. The molecule has 0 N–H and O–H groups in total. The molecule has 1 aliphatic heterocycles. The Balaban J connectivity index is 1.94. The summed E-state index contributed by atoms with van der Waals surface area (Å²) in [7, 11) is 0. The van der Waals surface area contributed by atoms with E-state index >= 15 is 0 Å². The molecule has 5 heteroatoms. The normalized spacial score (nSPS) is 16.2. The van der Waals surface area contributed by atoms with Gasteiger partial charge in [0, 0.05) is 28.5 Å². The zero-order valence-electron chi connectivity index (χ0n) is 11.2. The maximum Gasteiger partial charge on any atom is 0.410 e. The lowest BCUT2D eigenvalue weighted by Gasteiger charge is -2.40. The van der Waals surface area contributed by atoms with Crippen molar-refractivity contribution in [3.8, 4) is 0 Å². The standard InChI is InChI=1S/C14H17BrClNO2/c1-14(2,3)19-13(18)17-7-10(8-17)9-4-11(15)6-12(16)5-9/h4-6,10H,7-8H2,1-3H3. The average Bonchev–Trinajstić information content (AvgIpc) is 2.09. The minimum Gasteiger partial charge on any atom is -0.444 e. The lowest BCUT2D eigenvalue weighted by atomic mass is 9.92. The molecular formula is C14H17BrClNO2. The quantitative estimate of drug-likeness (QED) is 0.752. The Hall–Kier alpha value is -0.740. The molecule has 0 radical (unpaired) electrons. The summed E-state index contributed by atoms with van der Waals surface area (Å²) in [5, 5.41) is 0.708. The maximum absolute atomic E-state index is 11.8. The number of amides is 1. The van der Waals surface area contributed by atoms with E-state index < -0.39 is 5.60 Å². The molecule has 1 amide bonds. The number of halogens is 2. The van der Waals surface area contributed by atoms with Gasteiger partial charge in [0.05, 0.1) is 0 Å². The molecule has 0 aliphatic carbocycles. The number of carbonyl (C=O) groups excluding carboxylic acids is 1. The monoisotopic (exact) mass is 345 g/mol. The summed E-state index contributed by atoms with van der Waals surface area (Å²) in [6, 6.07) is 5.85. The van der Waals surface area contributed by atoms with Crippen molar-refractivity contribution in [3.63, 3.8) is 0 Å². The highest BCUT2D eigenvalue weighted by atomic mass is 79.9. The second-order valence-electron chi connectivity index (χ2n) is 5.79. The van der Waals surface area contributed by atoms with Crippen molar-refractivity contribution in [2.75, 3.05) is 13.1 Å². The van der Waals surface area contributed by atoms with E-state index in [0.29, 0.717) is 24.0 Å². The fraction of sp³-hybridized carbons (Fsp3) is 0.500. The molecule has 104 valence electrons.